The number of anilines is 1. The third kappa shape index (κ3) is 5.56. The molecular weight excluding hydrogens is 384 g/mol. The lowest BCUT2D eigenvalue weighted by Gasteiger charge is -2.30. The van der Waals surface area contributed by atoms with Crippen LogP contribution in [-0.2, 0) is 18.4 Å². The van der Waals surface area contributed by atoms with Gasteiger partial charge in [0.05, 0.1) is 6.54 Å². The van der Waals surface area contributed by atoms with Crippen molar-refractivity contribution in [3.63, 3.8) is 0 Å². The quantitative estimate of drug-likeness (QED) is 0.659. The van der Waals surface area contributed by atoms with E-state index in [0.29, 0.717) is 6.54 Å². The van der Waals surface area contributed by atoms with E-state index in [1.54, 1.807) is 16.7 Å². The first-order valence-electron chi connectivity index (χ1n) is 10.0. The summed E-state index contributed by atoms with van der Waals surface area (Å²) in [6.45, 7) is 4.52. The second-order valence-electron chi connectivity index (χ2n) is 7.74. The fourth-order valence-corrected chi connectivity index (χ4v) is 3.65. The van der Waals surface area contributed by atoms with Gasteiger partial charge >= 0.3 is 6.03 Å². The predicted molar refractivity (Wildman–Crippen MR) is 118 cm³/mol. The van der Waals surface area contributed by atoms with Crippen molar-refractivity contribution in [1.29, 1.82) is 0 Å². The molecular formula is C22H30N4O2S. The minimum Gasteiger partial charge on any atom is -0.353 e. The van der Waals surface area contributed by atoms with E-state index in [1.807, 2.05) is 79.2 Å². The fraction of sp³-hybridized carbons (Fsp3) is 0.455. The van der Waals surface area contributed by atoms with Gasteiger partial charge in [-0.15, -0.1) is 11.8 Å². The van der Waals surface area contributed by atoms with Crippen LogP contribution in [0.15, 0.2) is 47.5 Å². The van der Waals surface area contributed by atoms with Crippen molar-refractivity contribution in [2.75, 3.05) is 18.1 Å². The standard InChI is InChI=1S/C22H30N4O2S/c1-16(2)25(22(28)23-17-7-11-20(29-4)12-8-17)15-21(27)26(18-9-10-18)14-19-6-5-13-24(19)3/h5-8,11-13,16,18H,9-10,14-15H2,1-4H3,(H,23,28). The lowest BCUT2D eigenvalue weighted by molar-refractivity contribution is -0.133. The number of amides is 3. The lowest BCUT2D eigenvalue weighted by atomic mass is 10.3. The Labute approximate surface area is 177 Å². The molecule has 156 valence electrons. The van der Waals surface area contributed by atoms with Crippen molar-refractivity contribution >= 4 is 29.4 Å². The summed E-state index contributed by atoms with van der Waals surface area (Å²) in [5.41, 5.74) is 1.83. The van der Waals surface area contributed by atoms with Crippen LogP contribution < -0.4 is 5.32 Å². The largest absolute Gasteiger partial charge is 0.353 e. The van der Waals surface area contributed by atoms with E-state index in [9.17, 15) is 9.59 Å². The third-order valence-corrected chi connectivity index (χ3v) is 5.97. The molecule has 1 aromatic carbocycles. The van der Waals surface area contributed by atoms with Crippen LogP contribution in [0.2, 0.25) is 0 Å². The molecule has 1 saturated carbocycles. The number of hydrogen-bond acceptors (Lipinski definition) is 3. The molecule has 29 heavy (non-hydrogen) atoms. The highest BCUT2D eigenvalue weighted by molar-refractivity contribution is 7.98. The van der Waals surface area contributed by atoms with E-state index in [2.05, 4.69) is 5.32 Å². The molecule has 1 N–H and O–H groups in total. The summed E-state index contributed by atoms with van der Waals surface area (Å²) in [6, 6.07) is 11.7. The maximum atomic E-state index is 13.1. The van der Waals surface area contributed by atoms with Crippen LogP contribution in [0.5, 0.6) is 0 Å². The van der Waals surface area contributed by atoms with Gasteiger partial charge in [0.2, 0.25) is 5.91 Å². The van der Waals surface area contributed by atoms with E-state index in [4.69, 9.17) is 0 Å². The van der Waals surface area contributed by atoms with Gasteiger partial charge in [0, 0.05) is 41.6 Å². The van der Waals surface area contributed by atoms with Crippen molar-refractivity contribution in [3.05, 3.63) is 48.3 Å². The number of carbonyl (C=O) groups excluding carboxylic acids is 2. The Morgan fingerprint density at radius 2 is 1.90 bits per heavy atom. The molecule has 1 aromatic heterocycles. The van der Waals surface area contributed by atoms with Crippen LogP contribution in [-0.4, -0.2) is 51.2 Å². The van der Waals surface area contributed by atoms with Gasteiger partial charge in [-0.1, -0.05) is 0 Å². The Balaban J connectivity index is 1.66. The lowest BCUT2D eigenvalue weighted by Crippen LogP contribution is -2.48. The maximum absolute atomic E-state index is 13.1. The minimum atomic E-state index is -0.250. The summed E-state index contributed by atoms with van der Waals surface area (Å²) in [5, 5.41) is 2.92. The van der Waals surface area contributed by atoms with Crippen molar-refractivity contribution in [1.82, 2.24) is 14.4 Å². The molecule has 0 unspecified atom stereocenters. The second-order valence-corrected chi connectivity index (χ2v) is 8.62. The summed E-state index contributed by atoms with van der Waals surface area (Å²) >= 11 is 1.66. The van der Waals surface area contributed by atoms with Gasteiger partial charge < -0.3 is 19.7 Å². The van der Waals surface area contributed by atoms with Gasteiger partial charge in [0.1, 0.15) is 6.54 Å². The molecule has 1 aliphatic rings. The van der Waals surface area contributed by atoms with Crippen LogP contribution in [0, 0.1) is 0 Å². The number of hydrogen-bond donors (Lipinski definition) is 1. The zero-order valence-corrected chi connectivity index (χ0v) is 18.4. The molecule has 0 saturated heterocycles. The first kappa shape index (κ1) is 21.3. The molecule has 3 amide bonds. The maximum Gasteiger partial charge on any atom is 0.322 e. The van der Waals surface area contributed by atoms with E-state index in [-0.39, 0.29) is 30.6 Å². The number of carbonyl (C=O) groups is 2. The number of rotatable bonds is 8. The molecule has 0 atom stereocenters. The highest BCUT2D eigenvalue weighted by Crippen LogP contribution is 2.29. The molecule has 1 heterocycles. The molecule has 7 heteroatoms. The number of nitrogens with one attached hydrogen (secondary N) is 1. The Kier molecular flexibility index (Phi) is 6.90. The van der Waals surface area contributed by atoms with E-state index < -0.39 is 0 Å². The molecule has 1 fully saturated rings. The van der Waals surface area contributed by atoms with Gasteiger partial charge in [0.15, 0.2) is 0 Å². The Morgan fingerprint density at radius 1 is 1.21 bits per heavy atom. The third-order valence-electron chi connectivity index (χ3n) is 5.22. The molecule has 0 bridgehead atoms. The Morgan fingerprint density at radius 3 is 2.41 bits per heavy atom. The molecule has 0 radical (unpaired) electrons. The molecule has 6 nitrogen and oxygen atoms in total. The summed E-state index contributed by atoms with van der Waals surface area (Å²) in [7, 11) is 1.99. The molecule has 2 aromatic rings. The average molecular weight is 415 g/mol. The predicted octanol–water partition coefficient (Wildman–Crippen LogP) is 4.18. The minimum absolute atomic E-state index is 0.00437. The van der Waals surface area contributed by atoms with Crippen LogP contribution in [0.4, 0.5) is 10.5 Å². The normalized spacial score (nSPS) is 13.4. The van der Waals surface area contributed by atoms with Crippen LogP contribution >= 0.6 is 11.8 Å². The number of aryl methyl sites for hydroxylation is 1. The zero-order chi connectivity index (χ0) is 21.0. The van der Waals surface area contributed by atoms with Crippen molar-refractivity contribution in [3.8, 4) is 0 Å². The fourth-order valence-electron chi connectivity index (χ4n) is 3.24. The number of urea groups is 1. The average Bonchev–Trinajstić information content (AvgIpc) is 3.46. The monoisotopic (exact) mass is 414 g/mol. The highest BCUT2D eigenvalue weighted by atomic mass is 32.2. The molecule has 3 rings (SSSR count). The number of thioether (sulfide) groups is 1. The first-order chi connectivity index (χ1) is 13.9. The topological polar surface area (TPSA) is 57.6 Å². The van der Waals surface area contributed by atoms with E-state index in [0.717, 1.165) is 29.1 Å². The first-order valence-corrected chi connectivity index (χ1v) is 11.2. The van der Waals surface area contributed by atoms with Gasteiger partial charge in [-0.05, 0) is 69.3 Å². The number of benzene rings is 1. The van der Waals surface area contributed by atoms with Crippen LogP contribution in [0.1, 0.15) is 32.4 Å². The van der Waals surface area contributed by atoms with Crippen molar-refractivity contribution in [2.45, 2.75) is 50.2 Å². The molecule has 0 spiro atoms. The van der Waals surface area contributed by atoms with Gasteiger partial charge in [0.25, 0.3) is 0 Å². The number of aromatic nitrogens is 1. The summed E-state index contributed by atoms with van der Waals surface area (Å²) in [4.78, 5) is 30.6. The zero-order valence-electron chi connectivity index (χ0n) is 17.6. The van der Waals surface area contributed by atoms with Crippen molar-refractivity contribution < 1.29 is 9.59 Å². The Bertz CT molecular complexity index is 843. The van der Waals surface area contributed by atoms with Crippen molar-refractivity contribution in [2.24, 2.45) is 7.05 Å². The summed E-state index contributed by atoms with van der Waals surface area (Å²) in [6.07, 6.45) is 6.07. The smallest absolute Gasteiger partial charge is 0.322 e. The molecule has 0 aliphatic heterocycles. The summed E-state index contributed by atoms with van der Waals surface area (Å²) < 4.78 is 2.04. The SMILES string of the molecule is CSc1ccc(NC(=O)N(CC(=O)N(Cc2cccn2C)C2CC2)C(C)C)cc1. The number of nitrogens with zero attached hydrogens (tertiary/aromatic N) is 3. The Hall–Kier alpha value is -2.41. The van der Waals surface area contributed by atoms with Gasteiger partial charge in [-0.2, -0.15) is 0 Å². The highest BCUT2D eigenvalue weighted by Gasteiger charge is 2.34. The van der Waals surface area contributed by atoms with Gasteiger partial charge in [-0.25, -0.2) is 4.79 Å². The van der Waals surface area contributed by atoms with Crippen LogP contribution in [0.25, 0.3) is 0 Å². The summed E-state index contributed by atoms with van der Waals surface area (Å²) in [5.74, 6) is -0.00437. The van der Waals surface area contributed by atoms with Gasteiger partial charge in [-0.3, -0.25) is 4.79 Å². The second kappa shape index (κ2) is 9.39. The van der Waals surface area contributed by atoms with Crippen LogP contribution in [0.3, 0.4) is 0 Å². The van der Waals surface area contributed by atoms with E-state index >= 15 is 0 Å². The molecule has 1 aliphatic carbocycles. The van der Waals surface area contributed by atoms with E-state index in [1.165, 1.54) is 0 Å².